The van der Waals surface area contributed by atoms with E-state index >= 15 is 0 Å². The molecule has 0 saturated heterocycles. The molecule has 0 spiro atoms. The molecule has 5 nitrogen and oxygen atoms in total. The Labute approximate surface area is 93.7 Å². The summed E-state index contributed by atoms with van der Waals surface area (Å²) in [6.07, 6.45) is 3.35. The molecule has 84 valence electrons. The standard InChI is InChI=1S/C11H14N4O/c1-8-4-5-9(7-13-8)11-14-10(15-16-11)3-2-6-12/h4-5,7H,2-3,6,12H2,1H3. The third-order valence-corrected chi connectivity index (χ3v) is 2.23. The van der Waals surface area contributed by atoms with Crippen LogP contribution in [0.2, 0.25) is 0 Å². The molecule has 0 aromatic carbocycles. The molecule has 16 heavy (non-hydrogen) atoms. The molecule has 0 bridgehead atoms. The third kappa shape index (κ3) is 2.43. The van der Waals surface area contributed by atoms with Gasteiger partial charge in [0.2, 0.25) is 0 Å². The first-order chi connectivity index (χ1) is 7.79. The predicted octanol–water partition coefficient (Wildman–Crippen LogP) is 1.33. The number of aryl methyl sites for hydroxylation is 2. The average molecular weight is 218 g/mol. The lowest BCUT2D eigenvalue weighted by molar-refractivity contribution is 0.421. The SMILES string of the molecule is Cc1ccc(-c2nc(CCCN)no2)cn1. The van der Waals surface area contributed by atoms with Gasteiger partial charge in [0.05, 0.1) is 5.56 Å². The van der Waals surface area contributed by atoms with E-state index in [9.17, 15) is 0 Å². The van der Waals surface area contributed by atoms with Gasteiger partial charge in [-0.05, 0) is 32.0 Å². The lowest BCUT2D eigenvalue weighted by atomic mass is 10.2. The summed E-state index contributed by atoms with van der Waals surface area (Å²) >= 11 is 0. The van der Waals surface area contributed by atoms with Crippen LogP contribution >= 0.6 is 0 Å². The van der Waals surface area contributed by atoms with Crippen LogP contribution in [0.3, 0.4) is 0 Å². The smallest absolute Gasteiger partial charge is 0.259 e. The van der Waals surface area contributed by atoms with Gasteiger partial charge in [0.15, 0.2) is 5.82 Å². The van der Waals surface area contributed by atoms with E-state index in [1.165, 1.54) is 0 Å². The van der Waals surface area contributed by atoms with Gasteiger partial charge in [-0.1, -0.05) is 5.16 Å². The minimum Gasteiger partial charge on any atom is -0.334 e. The highest BCUT2D eigenvalue weighted by atomic mass is 16.5. The number of hydrogen-bond donors (Lipinski definition) is 1. The molecule has 0 radical (unpaired) electrons. The first kappa shape index (κ1) is 10.8. The van der Waals surface area contributed by atoms with Crippen LogP contribution < -0.4 is 5.73 Å². The van der Waals surface area contributed by atoms with Gasteiger partial charge in [-0.2, -0.15) is 4.98 Å². The van der Waals surface area contributed by atoms with E-state index in [4.69, 9.17) is 10.3 Å². The summed E-state index contributed by atoms with van der Waals surface area (Å²) in [5, 5.41) is 3.88. The van der Waals surface area contributed by atoms with Gasteiger partial charge in [0.1, 0.15) is 0 Å². The molecule has 0 aliphatic carbocycles. The second-order valence-electron chi connectivity index (χ2n) is 3.60. The molecule has 0 aliphatic rings. The first-order valence-electron chi connectivity index (χ1n) is 5.25. The van der Waals surface area contributed by atoms with Gasteiger partial charge >= 0.3 is 0 Å². The zero-order valence-corrected chi connectivity index (χ0v) is 9.18. The van der Waals surface area contributed by atoms with Crippen LogP contribution in [0.15, 0.2) is 22.9 Å². The zero-order valence-electron chi connectivity index (χ0n) is 9.18. The number of hydrogen-bond acceptors (Lipinski definition) is 5. The second-order valence-corrected chi connectivity index (χ2v) is 3.60. The molecule has 2 rings (SSSR count). The molecule has 0 unspecified atom stereocenters. The lowest BCUT2D eigenvalue weighted by Crippen LogP contribution is -2.01. The van der Waals surface area contributed by atoms with Crippen LogP contribution in [-0.2, 0) is 6.42 Å². The highest BCUT2D eigenvalue weighted by Gasteiger charge is 2.08. The van der Waals surface area contributed by atoms with Crippen LogP contribution in [0.1, 0.15) is 17.9 Å². The van der Waals surface area contributed by atoms with Gasteiger partial charge in [0, 0.05) is 18.3 Å². The third-order valence-electron chi connectivity index (χ3n) is 2.23. The molecule has 0 aliphatic heterocycles. The van der Waals surface area contributed by atoms with Crippen LogP contribution in [0.5, 0.6) is 0 Å². The van der Waals surface area contributed by atoms with Gasteiger partial charge in [-0.25, -0.2) is 0 Å². The molecule has 2 aromatic rings. The largest absolute Gasteiger partial charge is 0.334 e. The fraction of sp³-hybridized carbons (Fsp3) is 0.364. The van der Waals surface area contributed by atoms with Crippen molar-refractivity contribution in [2.24, 2.45) is 5.73 Å². The number of nitrogens with zero attached hydrogens (tertiary/aromatic N) is 3. The van der Waals surface area contributed by atoms with Gasteiger partial charge < -0.3 is 10.3 Å². The molecular weight excluding hydrogens is 204 g/mol. The Morgan fingerprint density at radius 1 is 1.38 bits per heavy atom. The van der Waals surface area contributed by atoms with Crippen molar-refractivity contribution >= 4 is 0 Å². The van der Waals surface area contributed by atoms with E-state index in [0.717, 1.165) is 24.1 Å². The Balaban J connectivity index is 2.15. The Morgan fingerprint density at radius 2 is 2.25 bits per heavy atom. The molecule has 2 heterocycles. The van der Waals surface area contributed by atoms with E-state index < -0.39 is 0 Å². The van der Waals surface area contributed by atoms with Crippen molar-refractivity contribution in [2.75, 3.05) is 6.54 Å². The summed E-state index contributed by atoms with van der Waals surface area (Å²) in [6.45, 7) is 2.57. The maximum Gasteiger partial charge on any atom is 0.259 e. The molecule has 0 saturated carbocycles. The highest BCUT2D eigenvalue weighted by Crippen LogP contribution is 2.16. The molecule has 5 heteroatoms. The molecular formula is C11H14N4O. The van der Waals surface area contributed by atoms with Gasteiger partial charge in [-0.3, -0.25) is 4.98 Å². The van der Waals surface area contributed by atoms with Crippen molar-refractivity contribution < 1.29 is 4.52 Å². The Bertz CT molecular complexity index is 449. The summed E-state index contributed by atoms with van der Waals surface area (Å²) in [7, 11) is 0. The monoisotopic (exact) mass is 218 g/mol. The summed E-state index contributed by atoms with van der Waals surface area (Å²) in [4.78, 5) is 8.45. The van der Waals surface area contributed by atoms with Crippen LogP contribution in [0.25, 0.3) is 11.5 Å². The quantitative estimate of drug-likeness (QED) is 0.837. The molecule has 0 amide bonds. The normalized spacial score (nSPS) is 10.6. The lowest BCUT2D eigenvalue weighted by Gasteiger charge is -1.93. The Morgan fingerprint density at radius 3 is 2.94 bits per heavy atom. The summed E-state index contributed by atoms with van der Waals surface area (Å²) < 4.78 is 5.15. The number of rotatable bonds is 4. The minimum absolute atomic E-state index is 0.513. The first-order valence-corrected chi connectivity index (χ1v) is 5.25. The summed E-state index contributed by atoms with van der Waals surface area (Å²) in [5.41, 5.74) is 7.22. The molecule has 0 atom stereocenters. The maximum absolute atomic E-state index is 5.41. The molecule has 2 N–H and O–H groups in total. The average Bonchev–Trinajstić information content (AvgIpc) is 2.76. The van der Waals surface area contributed by atoms with E-state index in [-0.39, 0.29) is 0 Å². The molecule has 2 aromatic heterocycles. The molecule has 0 fully saturated rings. The minimum atomic E-state index is 0.513. The maximum atomic E-state index is 5.41. The second kappa shape index (κ2) is 4.85. The number of pyridine rings is 1. The van der Waals surface area contributed by atoms with Crippen molar-refractivity contribution in [3.8, 4) is 11.5 Å². The van der Waals surface area contributed by atoms with Crippen LogP contribution in [0, 0.1) is 6.92 Å². The van der Waals surface area contributed by atoms with Crippen molar-refractivity contribution in [1.82, 2.24) is 15.1 Å². The zero-order chi connectivity index (χ0) is 11.4. The van der Waals surface area contributed by atoms with Crippen LogP contribution in [-0.4, -0.2) is 21.7 Å². The van der Waals surface area contributed by atoms with E-state index in [1.807, 2.05) is 19.1 Å². The van der Waals surface area contributed by atoms with E-state index in [0.29, 0.717) is 18.3 Å². The summed E-state index contributed by atoms with van der Waals surface area (Å²) in [5.74, 6) is 1.21. The summed E-state index contributed by atoms with van der Waals surface area (Å²) in [6, 6.07) is 3.83. The van der Waals surface area contributed by atoms with Crippen LogP contribution in [0.4, 0.5) is 0 Å². The predicted molar refractivity (Wildman–Crippen MR) is 59.6 cm³/mol. The fourth-order valence-electron chi connectivity index (χ4n) is 1.33. The van der Waals surface area contributed by atoms with Gasteiger partial charge in [0.25, 0.3) is 5.89 Å². The number of nitrogens with two attached hydrogens (primary N) is 1. The number of aromatic nitrogens is 3. The van der Waals surface area contributed by atoms with Gasteiger partial charge in [-0.15, -0.1) is 0 Å². The van der Waals surface area contributed by atoms with Crippen molar-refractivity contribution in [1.29, 1.82) is 0 Å². The van der Waals surface area contributed by atoms with E-state index in [2.05, 4.69) is 15.1 Å². The van der Waals surface area contributed by atoms with Crippen molar-refractivity contribution in [3.63, 3.8) is 0 Å². The van der Waals surface area contributed by atoms with Crippen molar-refractivity contribution in [2.45, 2.75) is 19.8 Å². The van der Waals surface area contributed by atoms with E-state index in [1.54, 1.807) is 6.20 Å². The highest BCUT2D eigenvalue weighted by molar-refractivity contribution is 5.50. The Kier molecular flexibility index (Phi) is 3.26. The topological polar surface area (TPSA) is 77.8 Å². The fourth-order valence-corrected chi connectivity index (χ4v) is 1.33. The Hall–Kier alpha value is -1.75. The van der Waals surface area contributed by atoms with Crippen molar-refractivity contribution in [3.05, 3.63) is 29.8 Å².